The van der Waals surface area contributed by atoms with Gasteiger partial charge in [0, 0.05) is 12.6 Å². The van der Waals surface area contributed by atoms with Crippen LogP contribution in [0.3, 0.4) is 0 Å². The first-order valence-corrected chi connectivity index (χ1v) is 1.89. The molecule has 0 amide bonds. The minimum atomic E-state index is 0.840. The lowest BCUT2D eigenvalue weighted by Gasteiger charge is -1.97. The highest BCUT2D eigenvalue weighted by Crippen LogP contribution is 1.61. The summed E-state index contributed by atoms with van der Waals surface area (Å²) in [6.45, 7) is 1.75. The van der Waals surface area contributed by atoms with Gasteiger partial charge in [-0.25, -0.2) is 5.32 Å². The van der Waals surface area contributed by atoms with Crippen LogP contribution in [0.5, 0.6) is 0 Å². The maximum Gasteiger partial charge on any atom is 0.0671 e. The summed E-state index contributed by atoms with van der Waals surface area (Å²) < 4.78 is 0. The zero-order valence-corrected chi connectivity index (χ0v) is 3.36. The van der Waals surface area contributed by atoms with Crippen molar-refractivity contribution >= 4 is 0 Å². The van der Waals surface area contributed by atoms with Gasteiger partial charge >= 0.3 is 0 Å². The second-order valence-corrected chi connectivity index (χ2v) is 1.05. The quantitative estimate of drug-likeness (QED) is 0.376. The molecule has 0 spiro atoms. The van der Waals surface area contributed by atoms with Crippen LogP contribution in [0.1, 0.15) is 0 Å². The lowest BCUT2D eigenvalue weighted by Crippen LogP contribution is -2.21. The van der Waals surface area contributed by atoms with Crippen LogP contribution in [-0.2, 0) is 0 Å². The molecule has 0 saturated heterocycles. The van der Waals surface area contributed by atoms with E-state index < -0.39 is 0 Å². The first-order chi connectivity index (χ1) is 3.00. The molecule has 0 unspecified atom stereocenters. The van der Waals surface area contributed by atoms with Crippen molar-refractivity contribution in [3.05, 3.63) is 0 Å². The summed E-state index contributed by atoms with van der Waals surface area (Å²) in [6.07, 6.45) is 0. The Balaban J connectivity index is 2.36. The Bertz CT molecular complexity index is 77.5. The van der Waals surface area contributed by atoms with Gasteiger partial charge in [0.2, 0.25) is 0 Å². The number of nitrogens with zero attached hydrogens (tertiary/aromatic N) is 1. The van der Waals surface area contributed by atoms with Gasteiger partial charge in [-0.2, -0.15) is 0 Å². The average molecular weight is 81.1 g/mol. The van der Waals surface area contributed by atoms with Crippen LogP contribution in [0.2, 0.25) is 0 Å². The van der Waals surface area contributed by atoms with Gasteiger partial charge in [0.25, 0.3) is 0 Å². The maximum absolute atomic E-state index is 3.75. The van der Waals surface area contributed by atoms with Crippen molar-refractivity contribution in [1.29, 1.82) is 0 Å². The van der Waals surface area contributed by atoms with E-state index in [2.05, 4.69) is 22.7 Å². The van der Waals surface area contributed by atoms with E-state index in [0.717, 1.165) is 13.1 Å². The highest BCUT2D eigenvalue weighted by molar-refractivity contribution is 4.97. The van der Waals surface area contributed by atoms with E-state index in [0.29, 0.717) is 0 Å². The van der Waals surface area contributed by atoms with Gasteiger partial charge in [0.05, 0.1) is 12.6 Å². The number of nitrogens with one attached hydrogen (secondary N) is 1. The van der Waals surface area contributed by atoms with Gasteiger partial charge in [-0.1, -0.05) is 0 Å². The number of hydrogen-bond donors (Lipinski definition) is 1. The predicted molar refractivity (Wildman–Crippen MR) is 22.8 cm³/mol. The van der Waals surface area contributed by atoms with Crippen molar-refractivity contribution in [2.45, 2.75) is 0 Å². The first kappa shape index (κ1) is 3.35. The summed E-state index contributed by atoms with van der Waals surface area (Å²) in [7, 11) is 0. The molecule has 6 heavy (non-hydrogen) atoms. The Morgan fingerprint density at radius 2 is 2.67 bits per heavy atom. The molecule has 2 nitrogen and oxygen atoms in total. The van der Waals surface area contributed by atoms with Gasteiger partial charge in [-0.15, -0.1) is 0 Å². The van der Waals surface area contributed by atoms with Crippen molar-refractivity contribution in [3.8, 4) is 12.1 Å². The summed E-state index contributed by atoms with van der Waals surface area (Å²) in [5, 5.41) is 6.58. The third-order valence-electron chi connectivity index (χ3n) is 0.572. The Kier molecular flexibility index (Phi) is 0.872. The molecule has 0 atom stereocenters. The van der Waals surface area contributed by atoms with Crippen LogP contribution < -0.4 is 10.6 Å². The van der Waals surface area contributed by atoms with Crippen LogP contribution in [0, 0.1) is 12.1 Å². The molecule has 1 aliphatic heterocycles. The second kappa shape index (κ2) is 1.56. The minimum Gasteiger partial charge on any atom is -0.342 e. The molecule has 1 heterocycles. The van der Waals surface area contributed by atoms with Crippen molar-refractivity contribution in [2.75, 3.05) is 13.1 Å². The van der Waals surface area contributed by atoms with Gasteiger partial charge in [0.1, 0.15) is 0 Å². The number of rotatable bonds is 0. The van der Waals surface area contributed by atoms with Crippen LogP contribution in [0.25, 0.3) is 0 Å². The van der Waals surface area contributed by atoms with Crippen molar-refractivity contribution < 1.29 is 0 Å². The Morgan fingerprint density at radius 3 is 2.83 bits per heavy atom. The van der Waals surface area contributed by atoms with Crippen LogP contribution in [-0.4, -0.2) is 13.1 Å². The summed E-state index contributed by atoms with van der Waals surface area (Å²) in [4.78, 5) is 0. The third-order valence-corrected chi connectivity index (χ3v) is 0.572. The largest absolute Gasteiger partial charge is 0.342 e. The lowest BCUT2D eigenvalue weighted by molar-refractivity contribution is 0.758. The molecule has 0 aliphatic carbocycles. The third kappa shape index (κ3) is 0.554. The standard InChI is InChI=1S/C4H5N2/c1-2-6-4-3-5-1/h5H,1-2H2. The van der Waals surface area contributed by atoms with Crippen molar-refractivity contribution in [1.82, 2.24) is 10.6 Å². The summed E-state index contributed by atoms with van der Waals surface area (Å²) >= 11 is 0. The van der Waals surface area contributed by atoms with E-state index in [1.54, 1.807) is 0 Å². The van der Waals surface area contributed by atoms with Crippen molar-refractivity contribution in [2.24, 2.45) is 0 Å². The SMILES string of the molecule is C1#CNCC[N]1. The van der Waals surface area contributed by atoms with Gasteiger partial charge < -0.3 is 5.32 Å². The van der Waals surface area contributed by atoms with E-state index in [1.807, 2.05) is 0 Å². The molecule has 0 aromatic heterocycles. The second-order valence-electron chi connectivity index (χ2n) is 1.05. The fraction of sp³-hybridized carbons (Fsp3) is 0.500. The highest BCUT2D eigenvalue weighted by atomic mass is 14.9. The average Bonchev–Trinajstić information content (AvgIpc) is 1.72. The molecule has 0 aromatic rings. The molecular formula is C4H5N2. The zero-order chi connectivity index (χ0) is 4.24. The Labute approximate surface area is 36.9 Å². The zero-order valence-electron chi connectivity index (χ0n) is 3.36. The van der Waals surface area contributed by atoms with Crippen molar-refractivity contribution in [3.63, 3.8) is 0 Å². The van der Waals surface area contributed by atoms with Gasteiger partial charge in [0.15, 0.2) is 0 Å². The molecule has 1 aliphatic rings. The molecule has 1 N–H and O–H groups in total. The Hall–Kier alpha value is -0.840. The van der Waals surface area contributed by atoms with Crippen LogP contribution in [0.4, 0.5) is 0 Å². The molecule has 0 bridgehead atoms. The fourth-order valence-corrected chi connectivity index (χ4v) is 0.309. The summed E-state index contributed by atoms with van der Waals surface area (Å²) in [6, 6.07) is 5.17. The smallest absolute Gasteiger partial charge is 0.0671 e. The predicted octanol–water partition coefficient (Wildman–Crippen LogP) is -0.888. The number of hydrogen-bond acceptors (Lipinski definition) is 1. The molecule has 1 rings (SSSR count). The van der Waals surface area contributed by atoms with E-state index in [1.165, 1.54) is 0 Å². The van der Waals surface area contributed by atoms with E-state index in [9.17, 15) is 0 Å². The molecule has 0 saturated carbocycles. The maximum atomic E-state index is 3.75. The topological polar surface area (TPSA) is 26.1 Å². The van der Waals surface area contributed by atoms with Crippen LogP contribution >= 0.6 is 0 Å². The van der Waals surface area contributed by atoms with Gasteiger partial charge in [-0.3, -0.25) is 0 Å². The first-order valence-electron chi connectivity index (χ1n) is 1.89. The normalized spacial score (nSPS) is 16.0. The monoisotopic (exact) mass is 81.0 g/mol. The molecule has 0 aromatic carbocycles. The minimum absolute atomic E-state index is 0.840. The Morgan fingerprint density at radius 1 is 1.67 bits per heavy atom. The summed E-state index contributed by atoms with van der Waals surface area (Å²) in [5.41, 5.74) is 0. The molecule has 0 fully saturated rings. The van der Waals surface area contributed by atoms with E-state index in [4.69, 9.17) is 0 Å². The lowest BCUT2D eigenvalue weighted by atomic mass is 10.6. The summed E-state index contributed by atoms with van der Waals surface area (Å²) in [5.74, 6) is 0. The fourth-order valence-electron chi connectivity index (χ4n) is 0.309. The van der Waals surface area contributed by atoms with E-state index >= 15 is 0 Å². The van der Waals surface area contributed by atoms with Crippen LogP contribution in [0.15, 0.2) is 0 Å². The molecule has 31 valence electrons. The van der Waals surface area contributed by atoms with Gasteiger partial charge in [-0.05, 0) is 0 Å². The molecular weight excluding hydrogens is 76.1 g/mol. The molecule has 2 heteroatoms. The molecule has 1 radical (unpaired) electrons. The highest BCUT2D eigenvalue weighted by Gasteiger charge is 1.83. The van der Waals surface area contributed by atoms with E-state index in [-0.39, 0.29) is 0 Å².